The van der Waals surface area contributed by atoms with E-state index in [9.17, 15) is 4.79 Å². The van der Waals surface area contributed by atoms with Gasteiger partial charge < -0.3 is 0 Å². The van der Waals surface area contributed by atoms with Crippen LogP contribution in [0.2, 0.25) is 0 Å². The Kier molecular flexibility index (Phi) is 2.95. The van der Waals surface area contributed by atoms with Gasteiger partial charge in [-0.05, 0) is 30.5 Å². The van der Waals surface area contributed by atoms with E-state index in [1.54, 1.807) is 16.8 Å². The molecule has 4 heteroatoms. The maximum atomic E-state index is 12.3. The topological polar surface area (TPSA) is 34.4 Å². The van der Waals surface area contributed by atoms with Crippen molar-refractivity contribution in [3.05, 3.63) is 68.6 Å². The fourth-order valence-corrected chi connectivity index (χ4v) is 2.79. The van der Waals surface area contributed by atoms with Crippen molar-refractivity contribution in [3.8, 4) is 0 Å². The molecule has 0 aliphatic rings. The van der Waals surface area contributed by atoms with Crippen molar-refractivity contribution in [2.45, 2.75) is 20.3 Å². The molecule has 96 valence electrons. The average molecular weight is 270 g/mol. The zero-order valence-electron chi connectivity index (χ0n) is 10.9. The molecule has 3 aromatic rings. The SMILES string of the molecule is Cc1ccc(Cc2cnc3sccn3c2=O)cc1C. The van der Waals surface area contributed by atoms with Crippen LogP contribution in [0, 0.1) is 13.8 Å². The Morgan fingerprint density at radius 1 is 1.26 bits per heavy atom. The van der Waals surface area contributed by atoms with Crippen LogP contribution in [0.5, 0.6) is 0 Å². The van der Waals surface area contributed by atoms with E-state index in [2.05, 4.69) is 37.0 Å². The summed E-state index contributed by atoms with van der Waals surface area (Å²) in [7, 11) is 0. The first kappa shape index (κ1) is 12.1. The molecule has 19 heavy (non-hydrogen) atoms. The number of fused-ring (bicyclic) bond motifs is 1. The lowest BCUT2D eigenvalue weighted by molar-refractivity contribution is 1.00. The number of aromatic nitrogens is 2. The predicted molar refractivity (Wildman–Crippen MR) is 78.1 cm³/mol. The highest BCUT2D eigenvalue weighted by Crippen LogP contribution is 2.13. The second-order valence-corrected chi connectivity index (χ2v) is 5.61. The molecule has 0 N–H and O–H groups in total. The summed E-state index contributed by atoms with van der Waals surface area (Å²) in [5, 5.41) is 1.88. The smallest absolute Gasteiger partial charge is 0.262 e. The fraction of sp³-hybridized carbons (Fsp3) is 0.200. The highest BCUT2D eigenvalue weighted by molar-refractivity contribution is 7.15. The number of nitrogens with zero attached hydrogens (tertiary/aromatic N) is 2. The van der Waals surface area contributed by atoms with Crippen LogP contribution >= 0.6 is 11.3 Å². The van der Waals surface area contributed by atoms with Gasteiger partial charge in [-0.1, -0.05) is 18.2 Å². The normalized spacial score (nSPS) is 11.1. The molecule has 0 saturated carbocycles. The van der Waals surface area contributed by atoms with E-state index in [1.165, 1.54) is 22.5 Å². The standard InChI is InChI=1S/C15H14N2OS/c1-10-3-4-12(7-11(10)2)8-13-9-16-15-17(14(13)18)5-6-19-15/h3-7,9H,8H2,1-2H3. The van der Waals surface area contributed by atoms with E-state index in [-0.39, 0.29) is 5.56 Å². The molecule has 1 aromatic carbocycles. The van der Waals surface area contributed by atoms with Crippen molar-refractivity contribution < 1.29 is 0 Å². The van der Waals surface area contributed by atoms with Gasteiger partial charge in [0.15, 0.2) is 4.96 Å². The van der Waals surface area contributed by atoms with Gasteiger partial charge in [0.2, 0.25) is 0 Å². The van der Waals surface area contributed by atoms with Crippen molar-refractivity contribution in [1.82, 2.24) is 9.38 Å². The number of thiazole rings is 1. The molecule has 0 aliphatic carbocycles. The summed E-state index contributed by atoms with van der Waals surface area (Å²) in [4.78, 5) is 17.3. The second-order valence-electron chi connectivity index (χ2n) is 4.74. The number of benzene rings is 1. The van der Waals surface area contributed by atoms with E-state index in [0.29, 0.717) is 6.42 Å². The van der Waals surface area contributed by atoms with Gasteiger partial charge in [-0.3, -0.25) is 9.20 Å². The molecule has 0 unspecified atom stereocenters. The van der Waals surface area contributed by atoms with Gasteiger partial charge in [0.1, 0.15) is 0 Å². The Hall–Kier alpha value is -1.94. The zero-order chi connectivity index (χ0) is 13.4. The third kappa shape index (κ3) is 2.19. The van der Waals surface area contributed by atoms with E-state index in [0.717, 1.165) is 16.1 Å². The van der Waals surface area contributed by atoms with Crippen molar-refractivity contribution in [3.63, 3.8) is 0 Å². The summed E-state index contributed by atoms with van der Waals surface area (Å²) in [5.74, 6) is 0. The van der Waals surface area contributed by atoms with E-state index in [4.69, 9.17) is 0 Å². The summed E-state index contributed by atoms with van der Waals surface area (Å²) in [6.07, 6.45) is 4.11. The molecule has 0 fully saturated rings. The van der Waals surface area contributed by atoms with E-state index in [1.807, 2.05) is 5.38 Å². The Morgan fingerprint density at radius 2 is 2.11 bits per heavy atom. The van der Waals surface area contributed by atoms with E-state index >= 15 is 0 Å². The molecule has 2 aromatic heterocycles. The molecule has 0 spiro atoms. The first-order valence-corrected chi connectivity index (χ1v) is 7.03. The van der Waals surface area contributed by atoms with Crippen LogP contribution in [0.15, 0.2) is 40.8 Å². The molecular formula is C15H14N2OS. The Balaban J connectivity index is 2.03. The number of aryl methyl sites for hydroxylation is 2. The van der Waals surface area contributed by atoms with Crippen molar-refractivity contribution in [1.29, 1.82) is 0 Å². The van der Waals surface area contributed by atoms with Crippen LogP contribution < -0.4 is 5.56 Å². The summed E-state index contributed by atoms with van der Waals surface area (Å²) >= 11 is 1.47. The minimum Gasteiger partial charge on any atom is -0.269 e. The molecular weight excluding hydrogens is 256 g/mol. The van der Waals surface area contributed by atoms with Gasteiger partial charge in [0.25, 0.3) is 5.56 Å². The fourth-order valence-electron chi connectivity index (χ4n) is 2.12. The molecule has 0 amide bonds. The quantitative estimate of drug-likeness (QED) is 0.717. The predicted octanol–water partition coefficient (Wildman–Crippen LogP) is 2.96. The second kappa shape index (κ2) is 4.63. The Bertz CT molecular complexity index is 801. The highest BCUT2D eigenvalue weighted by Gasteiger charge is 2.07. The molecule has 0 aliphatic heterocycles. The zero-order valence-corrected chi connectivity index (χ0v) is 11.7. The summed E-state index contributed by atoms with van der Waals surface area (Å²) < 4.78 is 1.61. The van der Waals surface area contributed by atoms with Gasteiger partial charge >= 0.3 is 0 Å². The van der Waals surface area contributed by atoms with Gasteiger partial charge in [0, 0.05) is 29.8 Å². The maximum absolute atomic E-state index is 12.3. The minimum atomic E-state index is 0.0319. The van der Waals surface area contributed by atoms with Crippen LogP contribution in [-0.4, -0.2) is 9.38 Å². The van der Waals surface area contributed by atoms with E-state index < -0.39 is 0 Å². The summed E-state index contributed by atoms with van der Waals surface area (Å²) in [6, 6.07) is 6.31. The number of hydrogen-bond donors (Lipinski definition) is 0. The third-order valence-corrected chi connectivity index (χ3v) is 4.15. The highest BCUT2D eigenvalue weighted by atomic mass is 32.1. The first-order valence-electron chi connectivity index (χ1n) is 6.15. The average Bonchev–Trinajstić information content (AvgIpc) is 2.86. The van der Waals surface area contributed by atoms with Gasteiger partial charge in [-0.2, -0.15) is 0 Å². The molecule has 0 saturated heterocycles. The maximum Gasteiger partial charge on any atom is 0.262 e. The first-order chi connectivity index (χ1) is 9.15. The Labute approximate surface area is 115 Å². The summed E-state index contributed by atoms with van der Waals surface area (Å²) in [6.45, 7) is 4.18. The Morgan fingerprint density at radius 3 is 2.89 bits per heavy atom. The van der Waals surface area contributed by atoms with Gasteiger partial charge in [-0.15, -0.1) is 11.3 Å². The molecule has 3 nitrogen and oxygen atoms in total. The molecule has 2 heterocycles. The lowest BCUT2D eigenvalue weighted by Gasteiger charge is -2.05. The van der Waals surface area contributed by atoms with Crippen LogP contribution in [0.4, 0.5) is 0 Å². The van der Waals surface area contributed by atoms with Crippen LogP contribution in [0.25, 0.3) is 4.96 Å². The molecule has 0 radical (unpaired) electrons. The monoisotopic (exact) mass is 270 g/mol. The number of rotatable bonds is 2. The molecule has 0 bridgehead atoms. The summed E-state index contributed by atoms with van der Waals surface area (Å²) in [5.41, 5.74) is 4.44. The van der Waals surface area contributed by atoms with Crippen molar-refractivity contribution in [2.24, 2.45) is 0 Å². The van der Waals surface area contributed by atoms with Crippen molar-refractivity contribution >= 4 is 16.3 Å². The van der Waals surface area contributed by atoms with Crippen LogP contribution in [0.1, 0.15) is 22.3 Å². The largest absolute Gasteiger partial charge is 0.269 e. The van der Waals surface area contributed by atoms with Crippen LogP contribution in [0.3, 0.4) is 0 Å². The van der Waals surface area contributed by atoms with Gasteiger partial charge in [-0.25, -0.2) is 4.98 Å². The molecule has 0 atom stereocenters. The minimum absolute atomic E-state index is 0.0319. The molecule has 3 rings (SSSR count). The lowest BCUT2D eigenvalue weighted by atomic mass is 10.0. The number of hydrogen-bond acceptors (Lipinski definition) is 3. The third-order valence-electron chi connectivity index (χ3n) is 3.38. The van der Waals surface area contributed by atoms with Crippen molar-refractivity contribution in [2.75, 3.05) is 0 Å². The lowest BCUT2D eigenvalue weighted by Crippen LogP contribution is -2.17. The van der Waals surface area contributed by atoms with Crippen LogP contribution in [-0.2, 0) is 6.42 Å². The van der Waals surface area contributed by atoms with Gasteiger partial charge in [0.05, 0.1) is 0 Å².